The molecule has 0 N–H and O–H groups in total. The highest BCUT2D eigenvalue weighted by molar-refractivity contribution is 9.10. The quantitative estimate of drug-likeness (QED) is 0.733. The number of methoxy groups -OCH3 is 1. The van der Waals surface area contributed by atoms with E-state index in [2.05, 4.69) is 28.6 Å². The van der Waals surface area contributed by atoms with Crippen molar-refractivity contribution in [2.45, 2.75) is 11.8 Å². The molecule has 0 fully saturated rings. The number of hydrogen-bond donors (Lipinski definition) is 1. The van der Waals surface area contributed by atoms with Gasteiger partial charge in [0.15, 0.2) is 0 Å². The zero-order valence-corrected chi connectivity index (χ0v) is 8.87. The SMILES string of the molecule is COc1ccc(Br)c(S)c1C. The van der Waals surface area contributed by atoms with Crippen LogP contribution in [0, 0.1) is 6.92 Å². The van der Waals surface area contributed by atoms with Crippen LogP contribution in [0.5, 0.6) is 5.75 Å². The minimum Gasteiger partial charge on any atom is -0.496 e. The molecule has 1 nitrogen and oxygen atoms in total. The number of thiol groups is 1. The fourth-order valence-electron chi connectivity index (χ4n) is 0.870. The van der Waals surface area contributed by atoms with Gasteiger partial charge in [-0.05, 0) is 35.0 Å². The Hall–Kier alpha value is -0.150. The molecule has 1 aromatic rings. The summed E-state index contributed by atoms with van der Waals surface area (Å²) in [6.45, 7) is 1.98. The third kappa shape index (κ3) is 1.71. The smallest absolute Gasteiger partial charge is 0.122 e. The second-order valence-corrected chi connectivity index (χ2v) is 3.52. The Bertz CT molecular complexity index is 273. The van der Waals surface area contributed by atoms with Gasteiger partial charge >= 0.3 is 0 Å². The van der Waals surface area contributed by atoms with Crippen LogP contribution in [0.2, 0.25) is 0 Å². The maximum absolute atomic E-state index is 5.11. The number of benzene rings is 1. The fourth-order valence-corrected chi connectivity index (χ4v) is 1.48. The lowest BCUT2D eigenvalue weighted by atomic mass is 10.2. The lowest BCUT2D eigenvalue weighted by molar-refractivity contribution is 0.410. The summed E-state index contributed by atoms with van der Waals surface area (Å²) in [5.74, 6) is 0.873. The topological polar surface area (TPSA) is 9.23 Å². The van der Waals surface area contributed by atoms with Crippen molar-refractivity contribution >= 4 is 28.6 Å². The molecule has 0 heterocycles. The van der Waals surface area contributed by atoms with E-state index in [1.807, 2.05) is 19.1 Å². The molecule has 0 aliphatic rings. The summed E-state index contributed by atoms with van der Waals surface area (Å²) >= 11 is 7.69. The summed E-state index contributed by atoms with van der Waals surface area (Å²) in [6.07, 6.45) is 0. The molecule has 0 spiro atoms. The highest BCUT2D eigenvalue weighted by Crippen LogP contribution is 2.30. The molecule has 0 atom stereocenters. The van der Waals surface area contributed by atoms with Crippen LogP contribution < -0.4 is 4.74 Å². The third-order valence-corrected chi connectivity index (χ3v) is 3.10. The maximum Gasteiger partial charge on any atom is 0.122 e. The number of rotatable bonds is 1. The molecule has 0 amide bonds. The monoisotopic (exact) mass is 232 g/mol. The second-order valence-electron chi connectivity index (χ2n) is 2.22. The van der Waals surface area contributed by atoms with E-state index in [1.54, 1.807) is 7.11 Å². The minimum absolute atomic E-state index is 0.873. The zero-order chi connectivity index (χ0) is 8.43. The first-order chi connectivity index (χ1) is 5.16. The zero-order valence-electron chi connectivity index (χ0n) is 6.39. The highest BCUT2D eigenvalue weighted by Gasteiger charge is 2.03. The Morgan fingerprint density at radius 1 is 1.45 bits per heavy atom. The molecule has 0 aromatic heterocycles. The van der Waals surface area contributed by atoms with Crippen LogP contribution in [0.15, 0.2) is 21.5 Å². The van der Waals surface area contributed by atoms with Gasteiger partial charge in [0.25, 0.3) is 0 Å². The molecular formula is C8H9BrOS. The van der Waals surface area contributed by atoms with Crippen LogP contribution >= 0.6 is 28.6 Å². The van der Waals surface area contributed by atoms with Crippen molar-refractivity contribution in [2.75, 3.05) is 7.11 Å². The van der Waals surface area contributed by atoms with Crippen molar-refractivity contribution in [3.8, 4) is 5.75 Å². The normalized spacial score (nSPS) is 9.82. The van der Waals surface area contributed by atoms with E-state index in [9.17, 15) is 0 Å². The average molecular weight is 233 g/mol. The molecular weight excluding hydrogens is 224 g/mol. The Labute approximate surface area is 80.3 Å². The van der Waals surface area contributed by atoms with Gasteiger partial charge in [-0.3, -0.25) is 0 Å². The molecule has 0 saturated heterocycles. The molecule has 0 bridgehead atoms. The van der Waals surface area contributed by atoms with E-state index in [1.165, 1.54) is 0 Å². The Balaban J connectivity index is 3.25. The Morgan fingerprint density at radius 3 is 2.64 bits per heavy atom. The van der Waals surface area contributed by atoms with Crippen molar-refractivity contribution in [2.24, 2.45) is 0 Å². The second kappa shape index (κ2) is 3.50. The van der Waals surface area contributed by atoms with Crippen LogP contribution in [0.25, 0.3) is 0 Å². The number of halogens is 1. The van der Waals surface area contributed by atoms with Gasteiger partial charge in [0, 0.05) is 14.9 Å². The van der Waals surface area contributed by atoms with E-state index in [0.29, 0.717) is 0 Å². The van der Waals surface area contributed by atoms with Gasteiger partial charge in [0.1, 0.15) is 5.75 Å². The standard InChI is InChI=1S/C8H9BrOS/c1-5-7(10-2)4-3-6(9)8(5)11/h3-4,11H,1-2H3. The van der Waals surface area contributed by atoms with Crippen LogP contribution in [-0.2, 0) is 0 Å². The van der Waals surface area contributed by atoms with E-state index >= 15 is 0 Å². The predicted octanol–water partition coefficient (Wildman–Crippen LogP) is 3.05. The molecule has 1 rings (SSSR count). The molecule has 0 unspecified atom stereocenters. The summed E-state index contributed by atoms with van der Waals surface area (Å²) in [5, 5.41) is 0. The lowest BCUT2D eigenvalue weighted by Crippen LogP contribution is -1.88. The summed E-state index contributed by atoms with van der Waals surface area (Å²) in [7, 11) is 1.66. The minimum atomic E-state index is 0.873. The van der Waals surface area contributed by atoms with Gasteiger partial charge in [0.2, 0.25) is 0 Å². The van der Waals surface area contributed by atoms with Crippen molar-refractivity contribution in [1.29, 1.82) is 0 Å². The first-order valence-electron chi connectivity index (χ1n) is 3.19. The van der Waals surface area contributed by atoms with E-state index in [-0.39, 0.29) is 0 Å². The molecule has 0 saturated carbocycles. The molecule has 11 heavy (non-hydrogen) atoms. The first kappa shape index (κ1) is 8.94. The molecule has 1 aromatic carbocycles. The Kier molecular flexibility index (Phi) is 2.84. The summed E-state index contributed by atoms with van der Waals surface area (Å²) in [4.78, 5) is 0.935. The number of hydrogen-bond acceptors (Lipinski definition) is 2. The average Bonchev–Trinajstić information content (AvgIpc) is 2.01. The lowest BCUT2D eigenvalue weighted by Gasteiger charge is -2.07. The van der Waals surface area contributed by atoms with Crippen LogP contribution in [-0.4, -0.2) is 7.11 Å². The van der Waals surface area contributed by atoms with Crippen LogP contribution in [0.4, 0.5) is 0 Å². The molecule has 0 radical (unpaired) electrons. The highest BCUT2D eigenvalue weighted by atomic mass is 79.9. The van der Waals surface area contributed by atoms with Gasteiger partial charge in [-0.1, -0.05) is 0 Å². The van der Waals surface area contributed by atoms with Crippen molar-refractivity contribution in [3.05, 3.63) is 22.2 Å². The fraction of sp³-hybridized carbons (Fsp3) is 0.250. The van der Waals surface area contributed by atoms with Crippen molar-refractivity contribution in [1.82, 2.24) is 0 Å². The summed E-state index contributed by atoms with van der Waals surface area (Å²) in [5.41, 5.74) is 1.06. The van der Waals surface area contributed by atoms with E-state index in [4.69, 9.17) is 4.74 Å². The molecule has 0 aliphatic carbocycles. The van der Waals surface area contributed by atoms with Gasteiger partial charge in [-0.25, -0.2) is 0 Å². The van der Waals surface area contributed by atoms with Gasteiger partial charge < -0.3 is 4.74 Å². The van der Waals surface area contributed by atoms with Crippen molar-refractivity contribution < 1.29 is 4.74 Å². The largest absolute Gasteiger partial charge is 0.496 e. The van der Waals surface area contributed by atoms with Crippen molar-refractivity contribution in [3.63, 3.8) is 0 Å². The number of ether oxygens (including phenoxy) is 1. The van der Waals surface area contributed by atoms with Gasteiger partial charge in [-0.2, -0.15) is 0 Å². The third-order valence-electron chi connectivity index (χ3n) is 1.55. The molecule has 0 aliphatic heterocycles. The van der Waals surface area contributed by atoms with Crippen LogP contribution in [0.3, 0.4) is 0 Å². The first-order valence-corrected chi connectivity index (χ1v) is 4.43. The summed E-state index contributed by atoms with van der Waals surface area (Å²) < 4.78 is 6.11. The van der Waals surface area contributed by atoms with Crippen LogP contribution in [0.1, 0.15) is 5.56 Å². The summed E-state index contributed by atoms with van der Waals surface area (Å²) in [6, 6.07) is 3.84. The predicted molar refractivity (Wildman–Crippen MR) is 52.7 cm³/mol. The van der Waals surface area contributed by atoms with E-state index < -0.39 is 0 Å². The molecule has 60 valence electrons. The van der Waals surface area contributed by atoms with Gasteiger partial charge in [-0.15, -0.1) is 12.6 Å². The maximum atomic E-state index is 5.11. The molecule has 3 heteroatoms. The van der Waals surface area contributed by atoms with Gasteiger partial charge in [0.05, 0.1) is 7.11 Å². The van der Waals surface area contributed by atoms with E-state index in [0.717, 1.165) is 20.7 Å². The Morgan fingerprint density at radius 2 is 2.09 bits per heavy atom.